The summed E-state index contributed by atoms with van der Waals surface area (Å²) in [6.45, 7) is 13.2. The highest BCUT2D eigenvalue weighted by atomic mass is 32.3. The van der Waals surface area contributed by atoms with Gasteiger partial charge in [0.05, 0.1) is 33.8 Å². The predicted octanol–water partition coefficient (Wildman–Crippen LogP) is 1.02. The van der Waals surface area contributed by atoms with Crippen LogP contribution in [0.25, 0.3) is 0 Å². The Morgan fingerprint density at radius 3 is 1.71 bits per heavy atom. The maximum atomic E-state index is 9.82. The van der Waals surface area contributed by atoms with Crippen LogP contribution < -0.4 is 5.73 Å². The average Bonchev–Trinajstić information content (AvgIpc) is 2.29. The van der Waals surface area contributed by atoms with E-state index in [9.17, 15) is 17.8 Å². The van der Waals surface area contributed by atoms with Crippen molar-refractivity contribution in [1.82, 2.24) is 0 Å². The maximum absolute atomic E-state index is 9.82. The molecule has 8 heteroatoms. The number of hydrogen-bond acceptors (Lipinski definition) is 5. The number of carbonyl (C=O) groups is 1. The van der Waals surface area contributed by atoms with Gasteiger partial charge in [0.25, 0.3) is 0 Å². The molecule has 0 bridgehead atoms. The molecule has 0 radical (unpaired) electrons. The van der Waals surface area contributed by atoms with Crippen LogP contribution in [0.1, 0.15) is 34.1 Å². The summed E-state index contributed by atoms with van der Waals surface area (Å²) < 4.78 is 33.2. The molecule has 2 N–H and O–H groups in total. The normalized spacial score (nSPS) is 10.6. The highest BCUT2D eigenvalue weighted by Crippen LogP contribution is 1.96. The van der Waals surface area contributed by atoms with Crippen LogP contribution in [0.4, 0.5) is 0 Å². The minimum atomic E-state index is -4.42. The molecule has 0 aliphatic carbocycles. The van der Waals surface area contributed by atoms with E-state index in [1.165, 1.54) is 26.4 Å². The lowest BCUT2D eigenvalue weighted by atomic mass is 10.3. The van der Waals surface area contributed by atoms with Crippen molar-refractivity contribution in [3.63, 3.8) is 0 Å². The van der Waals surface area contributed by atoms with Gasteiger partial charge >= 0.3 is 0 Å². The summed E-state index contributed by atoms with van der Waals surface area (Å²) in [7, 11) is 0.111. The summed E-state index contributed by atoms with van der Waals surface area (Å²) in [5.41, 5.74) is 5.09. The average molecular weight is 326 g/mol. The van der Waals surface area contributed by atoms with E-state index in [-0.39, 0.29) is 6.61 Å². The van der Waals surface area contributed by atoms with Gasteiger partial charge in [0.2, 0.25) is 16.3 Å². The van der Waals surface area contributed by atoms with Crippen LogP contribution in [0, 0.1) is 0 Å². The Morgan fingerprint density at radius 1 is 1.29 bits per heavy atom. The van der Waals surface area contributed by atoms with Crippen molar-refractivity contribution in [1.29, 1.82) is 0 Å². The molecule has 0 aromatic heterocycles. The zero-order valence-corrected chi connectivity index (χ0v) is 14.8. The van der Waals surface area contributed by atoms with Gasteiger partial charge in [-0.05, 0) is 27.2 Å². The summed E-state index contributed by atoms with van der Waals surface area (Å²) >= 11 is 0. The topological polar surface area (TPSA) is 110 Å². The van der Waals surface area contributed by atoms with Gasteiger partial charge in [0.1, 0.15) is 0 Å². The molecule has 128 valence electrons. The zero-order valence-electron chi connectivity index (χ0n) is 14.0. The number of nitrogens with zero attached hydrogens (tertiary/aromatic N) is 1. The van der Waals surface area contributed by atoms with E-state index in [0.29, 0.717) is 5.57 Å². The van der Waals surface area contributed by atoms with E-state index >= 15 is 0 Å². The molecular formula is C13H30N2O5S. The van der Waals surface area contributed by atoms with E-state index in [4.69, 9.17) is 5.73 Å². The Kier molecular flexibility index (Phi) is 15.2. The van der Waals surface area contributed by atoms with Gasteiger partial charge in [-0.25, -0.2) is 8.42 Å². The Labute approximate surface area is 129 Å². The summed E-state index contributed by atoms with van der Waals surface area (Å²) in [4.78, 5) is 9.82. The standard InChI is InChI=1S/C7H18N.C4H7NO.C2H6O4S/c1-5-7-8(3,4)6-2;1-3(2)4(5)6;1-2-6-7(3,4)5/h5-7H2,1-4H3;1H2,2H3,(H2,5,6);2H2,1H3,(H,3,4,5)/q+1;;/p-1. The van der Waals surface area contributed by atoms with Crippen molar-refractivity contribution in [2.45, 2.75) is 34.1 Å². The monoisotopic (exact) mass is 326 g/mol. The third-order valence-electron chi connectivity index (χ3n) is 2.37. The number of quaternary nitrogens is 1. The van der Waals surface area contributed by atoms with Gasteiger partial charge in [-0.3, -0.25) is 8.98 Å². The van der Waals surface area contributed by atoms with Gasteiger partial charge in [-0.1, -0.05) is 13.5 Å². The highest BCUT2D eigenvalue weighted by Gasteiger charge is 2.07. The van der Waals surface area contributed by atoms with Crippen LogP contribution in [-0.4, -0.2) is 57.2 Å². The van der Waals surface area contributed by atoms with Crippen LogP contribution in [-0.2, 0) is 19.4 Å². The third-order valence-corrected chi connectivity index (χ3v) is 2.89. The fourth-order valence-corrected chi connectivity index (χ4v) is 1.20. The first kappa shape index (κ1) is 25.0. The molecule has 0 saturated heterocycles. The summed E-state index contributed by atoms with van der Waals surface area (Å²) in [6, 6.07) is 0. The molecule has 0 atom stereocenters. The summed E-state index contributed by atoms with van der Waals surface area (Å²) in [5, 5.41) is 0. The molecule has 0 aliphatic heterocycles. The number of carbonyl (C=O) groups excluding carboxylic acids is 1. The molecule has 0 heterocycles. The van der Waals surface area contributed by atoms with Crippen LogP contribution in [0.2, 0.25) is 0 Å². The van der Waals surface area contributed by atoms with Crippen molar-refractivity contribution >= 4 is 16.3 Å². The highest BCUT2D eigenvalue weighted by molar-refractivity contribution is 7.80. The fraction of sp³-hybridized carbons (Fsp3) is 0.769. The van der Waals surface area contributed by atoms with Crippen molar-refractivity contribution in [3.8, 4) is 0 Å². The lowest BCUT2D eigenvalue weighted by Crippen LogP contribution is -2.39. The van der Waals surface area contributed by atoms with E-state index in [1.54, 1.807) is 6.92 Å². The van der Waals surface area contributed by atoms with Crippen LogP contribution in [0.3, 0.4) is 0 Å². The molecule has 0 aliphatic rings. The van der Waals surface area contributed by atoms with Gasteiger partial charge in [0, 0.05) is 5.57 Å². The maximum Gasteiger partial charge on any atom is 0.243 e. The molecule has 0 aromatic rings. The largest absolute Gasteiger partial charge is 0.726 e. The fourth-order valence-electron chi connectivity index (χ4n) is 0.908. The van der Waals surface area contributed by atoms with Gasteiger partial charge < -0.3 is 14.8 Å². The first-order chi connectivity index (χ1) is 9.32. The van der Waals surface area contributed by atoms with Crippen LogP contribution in [0.5, 0.6) is 0 Å². The first-order valence-corrected chi connectivity index (χ1v) is 8.03. The van der Waals surface area contributed by atoms with E-state index in [1.807, 2.05) is 0 Å². The molecule has 0 spiro atoms. The van der Waals surface area contributed by atoms with Crippen molar-refractivity contribution in [2.75, 3.05) is 33.8 Å². The van der Waals surface area contributed by atoms with Gasteiger partial charge in [-0.2, -0.15) is 0 Å². The molecule has 0 unspecified atom stereocenters. The van der Waals surface area contributed by atoms with Crippen LogP contribution >= 0.6 is 0 Å². The van der Waals surface area contributed by atoms with E-state index < -0.39 is 16.3 Å². The van der Waals surface area contributed by atoms with Crippen LogP contribution in [0.15, 0.2) is 12.2 Å². The van der Waals surface area contributed by atoms with E-state index in [2.05, 4.69) is 38.7 Å². The number of hydrogen-bond donors (Lipinski definition) is 1. The Morgan fingerprint density at radius 2 is 1.67 bits per heavy atom. The lowest BCUT2D eigenvalue weighted by molar-refractivity contribution is -0.888. The molecule has 7 nitrogen and oxygen atoms in total. The Balaban J connectivity index is -0.000000234. The molecule has 0 saturated carbocycles. The molecule has 1 amide bonds. The lowest BCUT2D eigenvalue weighted by Gasteiger charge is -2.27. The van der Waals surface area contributed by atoms with Gasteiger partial charge in [-0.15, -0.1) is 0 Å². The SMILES string of the molecule is C=C(C)C(N)=O.CCC[N+](C)(C)CC.CCOS(=O)(=O)[O-]. The van der Waals surface area contributed by atoms with Crippen molar-refractivity contribution < 1.29 is 26.4 Å². The van der Waals surface area contributed by atoms with Crippen molar-refractivity contribution in [3.05, 3.63) is 12.2 Å². The van der Waals surface area contributed by atoms with Gasteiger partial charge in [0.15, 0.2) is 0 Å². The molecule has 0 fully saturated rings. The second-order valence-electron chi connectivity index (χ2n) is 4.93. The zero-order chi connectivity index (χ0) is 17.7. The second kappa shape index (κ2) is 12.8. The summed E-state index contributed by atoms with van der Waals surface area (Å²) in [6.07, 6.45) is 1.29. The molecule has 0 aromatic carbocycles. The van der Waals surface area contributed by atoms with Crippen molar-refractivity contribution in [2.24, 2.45) is 5.73 Å². The minimum absolute atomic E-state index is 0.0914. The second-order valence-corrected chi connectivity index (χ2v) is 5.99. The Hall–Kier alpha value is -0.960. The molecular weight excluding hydrogens is 296 g/mol. The minimum Gasteiger partial charge on any atom is -0.726 e. The summed E-state index contributed by atoms with van der Waals surface area (Å²) in [5.74, 6) is -0.435. The number of amides is 1. The Bertz CT molecular complexity index is 379. The van der Waals surface area contributed by atoms with E-state index in [0.717, 1.165) is 4.48 Å². The predicted molar refractivity (Wildman–Crippen MR) is 83.1 cm³/mol. The molecule has 21 heavy (non-hydrogen) atoms. The number of nitrogens with two attached hydrogens (primary N) is 1. The number of rotatable bonds is 6. The third kappa shape index (κ3) is 28.0. The first-order valence-electron chi connectivity index (χ1n) is 6.70. The number of primary amides is 1. The molecule has 0 rings (SSSR count). The quantitative estimate of drug-likeness (QED) is 0.339. The smallest absolute Gasteiger partial charge is 0.243 e.